The number of alkyl halides is 3. The van der Waals surface area contributed by atoms with Gasteiger partial charge in [-0.15, -0.1) is 0 Å². The molecule has 0 saturated heterocycles. The number of urea groups is 1. The van der Waals surface area contributed by atoms with Gasteiger partial charge in [-0.3, -0.25) is 9.58 Å². The molecule has 0 atom stereocenters. The second kappa shape index (κ2) is 10.2. The summed E-state index contributed by atoms with van der Waals surface area (Å²) in [5.74, 6) is 0. The SMILES string of the molecule is CN(Cc1cc(S(=O)(=O)NC(=O)Nc2c3c(cc4c2CCC4)CCC3)nn1C)CC(F)(F)F.[Na]. The fourth-order valence-electron chi connectivity index (χ4n) is 4.68. The van der Waals surface area contributed by atoms with E-state index in [4.69, 9.17) is 0 Å². The Morgan fingerprint density at radius 1 is 1.12 bits per heavy atom. The molecule has 1 heterocycles. The molecular weight excluding hydrogens is 482 g/mol. The van der Waals surface area contributed by atoms with E-state index in [1.54, 1.807) is 0 Å². The van der Waals surface area contributed by atoms with E-state index in [1.165, 1.54) is 36.0 Å². The summed E-state index contributed by atoms with van der Waals surface area (Å²) in [4.78, 5) is 13.7. The van der Waals surface area contributed by atoms with Crippen molar-refractivity contribution < 1.29 is 26.4 Å². The molecule has 1 aromatic heterocycles. The first-order valence-electron chi connectivity index (χ1n) is 10.7. The maximum Gasteiger partial charge on any atom is 0.401 e. The quantitative estimate of drug-likeness (QED) is 0.585. The van der Waals surface area contributed by atoms with E-state index in [0.29, 0.717) is 5.69 Å². The normalized spacial score (nSPS) is 15.1. The number of nitrogens with zero attached hydrogens (tertiary/aromatic N) is 3. The van der Waals surface area contributed by atoms with Crippen molar-refractivity contribution in [2.24, 2.45) is 7.05 Å². The molecular formula is C21H26F3N5NaO3S. The topological polar surface area (TPSA) is 96.3 Å². The minimum absolute atomic E-state index is 0. The number of sulfonamides is 1. The number of rotatable bonds is 6. The molecule has 1 aromatic carbocycles. The molecule has 0 spiro atoms. The van der Waals surface area contributed by atoms with Crippen molar-refractivity contribution in [3.8, 4) is 0 Å². The van der Waals surface area contributed by atoms with Crippen molar-refractivity contribution in [2.45, 2.75) is 56.3 Å². The molecule has 4 rings (SSSR count). The molecule has 2 amide bonds. The van der Waals surface area contributed by atoms with E-state index in [9.17, 15) is 26.4 Å². The molecule has 2 aliphatic carbocycles. The van der Waals surface area contributed by atoms with Crippen LogP contribution in [0.5, 0.6) is 0 Å². The average Bonchev–Trinajstić information content (AvgIpc) is 3.40. The van der Waals surface area contributed by atoms with Gasteiger partial charge in [-0.05, 0) is 67.8 Å². The second-order valence-electron chi connectivity index (χ2n) is 8.68. The summed E-state index contributed by atoms with van der Waals surface area (Å²) < 4.78 is 66.4. The van der Waals surface area contributed by atoms with E-state index in [-0.39, 0.29) is 41.8 Å². The van der Waals surface area contributed by atoms with Gasteiger partial charge in [0.2, 0.25) is 0 Å². The Labute approximate surface area is 218 Å². The molecule has 0 fully saturated rings. The number of amides is 2. The molecule has 181 valence electrons. The molecule has 8 nitrogen and oxygen atoms in total. The monoisotopic (exact) mass is 508 g/mol. The van der Waals surface area contributed by atoms with Crippen LogP contribution in [0, 0.1) is 0 Å². The molecule has 0 bridgehead atoms. The number of carbonyl (C=O) groups is 1. The fraction of sp³-hybridized carbons (Fsp3) is 0.524. The van der Waals surface area contributed by atoms with E-state index in [0.717, 1.165) is 54.6 Å². The summed E-state index contributed by atoms with van der Waals surface area (Å²) in [6, 6.07) is 2.49. The number of hydrogen-bond acceptors (Lipinski definition) is 5. The van der Waals surface area contributed by atoms with Crippen LogP contribution in [0.4, 0.5) is 23.7 Å². The van der Waals surface area contributed by atoms with Crippen LogP contribution < -0.4 is 10.0 Å². The largest absolute Gasteiger partial charge is 0.401 e. The van der Waals surface area contributed by atoms with Crippen molar-refractivity contribution in [3.63, 3.8) is 0 Å². The van der Waals surface area contributed by atoms with Gasteiger partial charge in [0.05, 0.1) is 12.2 Å². The Bertz CT molecular complexity index is 1160. The minimum Gasteiger partial charge on any atom is -0.307 e. The zero-order valence-electron chi connectivity index (χ0n) is 19.4. The number of aromatic nitrogens is 2. The Balaban J connectivity index is 0.00000324. The van der Waals surface area contributed by atoms with Crippen LogP contribution in [0.3, 0.4) is 0 Å². The molecule has 2 aromatic rings. The molecule has 34 heavy (non-hydrogen) atoms. The van der Waals surface area contributed by atoms with Gasteiger partial charge in [0.25, 0.3) is 10.0 Å². The third-order valence-electron chi connectivity index (χ3n) is 6.05. The molecule has 13 heteroatoms. The van der Waals surface area contributed by atoms with Gasteiger partial charge in [-0.2, -0.15) is 26.7 Å². The Kier molecular flexibility index (Phi) is 8.08. The third-order valence-corrected chi connectivity index (χ3v) is 7.25. The number of benzene rings is 1. The summed E-state index contributed by atoms with van der Waals surface area (Å²) >= 11 is 0. The summed E-state index contributed by atoms with van der Waals surface area (Å²) in [6.45, 7) is -1.31. The van der Waals surface area contributed by atoms with E-state index < -0.39 is 33.8 Å². The first-order valence-corrected chi connectivity index (χ1v) is 12.2. The summed E-state index contributed by atoms with van der Waals surface area (Å²) in [6.07, 6.45) is 1.16. The number of halogens is 3. The predicted octanol–water partition coefficient (Wildman–Crippen LogP) is 2.52. The van der Waals surface area contributed by atoms with Crippen molar-refractivity contribution in [1.82, 2.24) is 19.4 Å². The fourth-order valence-corrected chi connectivity index (χ4v) is 5.60. The van der Waals surface area contributed by atoms with E-state index in [2.05, 4.69) is 16.5 Å². The van der Waals surface area contributed by atoms with Crippen molar-refractivity contribution in [2.75, 3.05) is 18.9 Å². The van der Waals surface area contributed by atoms with Gasteiger partial charge in [-0.25, -0.2) is 9.52 Å². The van der Waals surface area contributed by atoms with Crippen LogP contribution in [-0.2, 0) is 49.3 Å². The minimum atomic E-state index is -4.38. The number of hydrogen-bond donors (Lipinski definition) is 2. The number of carbonyl (C=O) groups excluding carboxylic acids is 1. The average molecular weight is 509 g/mol. The zero-order chi connectivity index (χ0) is 24.0. The van der Waals surface area contributed by atoms with Crippen LogP contribution in [0.1, 0.15) is 40.8 Å². The second-order valence-corrected chi connectivity index (χ2v) is 10.3. The number of aryl methyl sites for hydroxylation is 3. The Hall–Kier alpha value is -1.60. The van der Waals surface area contributed by atoms with Gasteiger partial charge in [0.1, 0.15) is 0 Å². The predicted molar refractivity (Wildman–Crippen MR) is 121 cm³/mol. The van der Waals surface area contributed by atoms with Crippen molar-refractivity contribution >= 4 is 51.3 Å². The van der Waals surface area contributed by atoms with E-state index in [1.807, 2.05) is 4.72 Å². The Morgan fingerprint density at radius 2 is 1.71 bits per heavy atom. The molecule has 0 unspecified atom stereocenters. The van der Waals surface area contributed by atoms with Gasteiger partial charge in [-0.1, -0.05) is 6.07 Å². The molecule has 2 N–H and O–H groups in total. The van der Waals surface area contributed by atoms with Crippen LogP contribution in [-0.4, -0.2) is 78.5 Å². The first kappa shape index (κ1) is 27.0. The number of anilines is 1. The third kappa shape index (κ3) is 5.96. The van der Waals surface area contributed by atoms with Gasteiger partial charge in [0, 0.05) is 54.9 Å². The summed E-state index contributed by atoms with van der Waals surface area (Å²) in [7, 11) is -1.60. The zero-order valence-corrected chi connectivity index (χ0v) is 22.2. The van der Waals surface area contributed by atoms with Crippen LogP contribution in [0.25, 0.3) is 0 Å². The standard InChI is InChI=1S/C21H26F3N5O3S.Na/c1-28(12-21(22,23)24)11-15-10-18(26-29(15)2)33(31,32)27-20(30)25-19-16-7-3-5-13(16)9-14-6-4-8-17(14)19;/h9-10H,3-8,11-12H2,1-2H3,(H2,25,27,30);. The van der Waals surface area contributed by atoms with Crippen LogP contribution >= 0.6 is 0 Å². The van der Waals surface area contributed by atoms with Gasteiger partial charge < -0.3 is 5.32 Å². The summed E-state index contributed by atoms with van der Waals surface area (Å²) in [5, 5.41) is 6.21. The van der Waals surface area contributed by atoms with Gasteiger partial charge >= 0.3 is 12.2 Å². The molecule has 1 radical (unpaired) electrons. The number of nitrogens with one attached hydrogen (secondary N) is 2. The Morgan fingerprint density at radius 3 is 2.26 bits per heavy atom. The van der Waals surface area contributed by atoms with Crippen molar-refractivity contribution in [1.29, 1.82) is 0 Å². The molecule has 2 aliphatic rings. The van der Waals surface area contributed by atoms with Crippen LogP contribution in [0.15, 0.2) is 17.2 Å². The van der Waals surface area contributed by atoms with Gasteiger partial charge in [0.15, 0.2) is 5.03 Å². The maximum atomic E-state index is 12.7. The smallest absolute Gasteiger partial charge is 0.307 e. The molecule has 0 aliphatic heterocycles. The van der Waals surface area contributed by atoms with Crippen LogP contribution in [0.2, 0.25) is 0 Å². The molecule has 0 saturated carbocycles. The maximum absolute atomic E-state index is 12.7. The number of fused-ring (bicyclic) bond motifs is 2. The van der Waals surface area contributed by atoms with E-state index >= 15 is 0 Å². The van der Waals surface area contributed by atoms with Crippen molar-refractivity contribution in [3.05, 3.63) is 40.1 Å². The first-order chi connectivity index (χ1) is 15.4. The summed E-state index contributed by atoms with van der Waals surface area (Å²) in [5.41, 5.74) is 5.51.